The first-order valence-electron chi connectivity index (χ1n) is 12.0. The lowest BCUT2D eigenvalue weighted by molar-refractivity contribution is -0.192. The second-order valence-corrected chi connectivity index (χ2v) is 9.46. The van der Waals surface area contributed by atoms with Crippen LogP contribution in [0.4, 0.5) is 28.4 Å². The molecule has 2 N–H and O–H groups in total. The molecule has 1 aliphatic rings. The van der Waals surface area contributed by atoms with Gasteiger partial charge in [0.15, 0.2) is 5.13 Å². The van der Waals surface area contributed by atoms with Crippen LogP contribution in [-0.4, -0.2) is 72.7 Å². The fourth-order valence-electron chi connectivity index (χ4n) is 3.37. The number of carboxylic acid groups (broad SMARTS) is 1. The number of halogens is 4. The van der Waals surface area contributed by atoms with Gasteiger partial charge in [0, 0.05) is 36.6 Å². The molecular formula is C26H29F4N3O5S. The topological polar surface area (TPSA) is 93.1 Å². The van der Waals surface area contributed by atoms with Gasteiger partial charge in [-0.05, 0) is 50.2 Å². The number of rotatable bonds is 9. The van der Waals surface area contributed by atoms with Crippen LogP contribution >= 0.6 is 11.3 Å². The highest BCUT2D eigenvalue weighted by Crippen LogP contribution is 2.33. The number of nitrogens with zero attached hydrogens (tertiary/aromatic N) is 2. The second-order valence-electron chi connectivity index (χ2n) is 8.60. The first-order valence-corrected chi connectivity index (χ1v) is 12.9. The number of morpholine rings is 1. The predicted octanol–water partition coefficient (Wildman–Crippen LogP) is 5.82. The summed E-state index contributed by atoms with van der Waals surface area (Å²) >= 11 is 1.46. The van der Waals surface area contributed by atoms with Gasteiger partial charge in [0.2, 0.25) is 0 Å². The normalized spacial score (nSPS) is 13.9. The molecule has 0 saturated carbocycles. The summed E-state index contributed by atoms with van der Waals surface area (Å²) in [5, 5.41) is 13.0. The molecule has 0 bridgehead atoms. The second kappa shape index (κ2) is 14.1. The van der Waals surface area contributed by atoms with E-state index in [-0.39, 0.29) is 11.9 Å². The Morgan fingerprint density at radius 3 is 2.46 bits per heavy atom. The fraction of sp³-hybridized carbons (Fsp3) is 0.385. The monoisotopic (exact) mass is 571 g/mol. The Morgan fingerprint density at radius 2 is 1.85 bits per heavy atom. The SMILES string of the molecule is CC(C)Oc1ccc(F)cc1Nc1nc(-c2ccc(OCCN3CCOCC3)cc2)cs1.O=C(O)C(F)(F)F. The zero-order valence-corrected chi connectivity index (χ0v) is 22.2. The zero-order valence-electron chi connectivity index (χ0n) is 21.3. The maximum Gasteiger partial charge on any atom is 0.490 e. The third-order valence-electron chi connectivity index (χ3n) is 5.22. The third kappa shape index (κ3) is 10.0. The van der Waals surface area contributed by atoms with Crippen molar-refractivity contribution < 1.29 is 41.7 Å². The van der Waals surface area contributed by atoms with E-state index < -0.39 is 12.1 Å². The van der Waals surface area contributed by atoms with Crippen molar-refractivity contribution in [1.82, 2.24) is 9.88 Å². The summed E-state index contributed by atoms with van der Waals surface area (Å²) in [5.74, 6) is -1.65. The molecule has 1 aliphatic heterocycles. The average molecular weight is 572 g/mol. The summed E-state index contributed by atoms with van der Waals surface area (Å²) in [6.07, 6.45) is -5.09. The fourth-order valence-corrected chi connectivity index (χ4v) is 4.11. The van der Waals surface area contributed by atoms with Crippen LogP contribution in [-0.2, 0) is 9.53 Å². The lowest BCUT2D eigenvalue weighted by Gasteiger charge is -2.26. The minimum Gasteiger partial charge on any atom is -0.492 e. The number of carbonyl (C=O) groups is 1. The molecule has 0 unspecified atom stereocenters. The van der Waals surface area contributed by atoms with Gasteiger partial charge in [0.1, 0.15) is 23.9 Å². The van der Waals surface area contributed by atoms with Crippen LogP contribution in [0.15, 0.2) is 47.8 Å². The molecule has 2 heterocycles. The van der Waals surface area contributed by atoms with E-state index in [0.717, 1.165) is 49.9 Å². The highest BCUT2D eigenvalue weighted by Gasteiger charge is 2.38. The molecular weight excluding hydrogens is 542 g/mol. The number of benzene rings is 2. The molecule has 1 aromatic heterocycles. The number of thiazole rings is 1. The maximum atomic E-state index is 13.8. The molecule has 0 amide bonds. The Kier molecular flexibility index (Phi) is 10.9. The molecule has 13 heteroatoms. The van der Waals surface area contributed by atoms with Crippen molar-refractivity contribution in [2.45, 2.75) is 26.1 Å². The standard InChI is InChI=1S/C24H28FN3O3S.C2HF3O2/c1-17(2)31-23-8-5-19(25)15-21(23)26-24-27-22(16-32-24)18-3-6-20(7-4-18)30-14-11-28-9-12-29-13-10-28;3-2(4,5)1(6)7/h3-8,15-17H,9-14H2,1-2H3,(H,26,27);(H,6,7). The van der Waals surface area contributed by atoms with Crippen LogP contribution in [0.2, 0.25) is 0 Å². The summed E-state index contributed by atoms with van der Waals surface area (Å²) in [7, 11) is 0. The van der Waals surface area contributed by atoms with Gasteiger partial charge in [0.05, 0.1) is 30.7 Å². The van der Waals surface area contributed by atoms with Gasteiger partial charge in [-0.15, -0.1) is 11.3 Å². The largest absolute Gasteiger partial charge is 0.492 e. The van der Waals surface area contributed by atoms with Crippen molar-refractivity contribution >= 4 is 28.1 Å². The number of aliphatic carboxylic acids is 1. The number of hydrogen-bond acceptors (Lipinski definition) is 8. The van der Waals surface area contributed by atoms with Crippen molar-refractivity contribution in [2.24, 2.45) is 0 Å². The summed E-state index contributed by atoms with van der Waals surface area (Å²) in [4.78, 5) is 15.9. The van der Waals surface area contributed by atoms with E-state index >= 15 is 0 Å². The van der Waals surface area contributed by atoms with Crippen LogP contribution in [0.3, 0.4) is 0 Å². The number of nitrogens with one attached hydrogen (secondary N) is 1. The van der Waals surface area contributed by atoms with E-state index in [9.17, 15) is 17.6 Å². The molecule has 39 heavy (non-hydrogen) atoms. The number of aromatic nitrogens is 1. The Hall–Kier alpha value is -3.42. The van der Waals surface area contributed by atoms with Crippen LogP contribution in [0.1, 0.15) is 13.8 Å². The molecule has 2 aromatic carbocycles. The molecule has 212 valence electrons. The molecule has 4 rings (SSSR count). The van der Waals surface area contributed by atoms with Crippen molar-refractivity contribution in [3.05, 3.63) is 53.7 Å². The lowest BCUT2D eigenvalue weighted by atomic mass is 10.2. The first kappa shape index (κ1) is 30.1. The minimum absolute atomic E-state index is 0.0116. The molecule has 1 fully saturated rings. The van der Waals surface area contributed by atoms with Crippen molar-refractivity contribution in [2.75, 3.05) is 44.8 Å². The van der Waals surface area contributed by atoms with Gasteiger partial charge in [-0.25, -0.2) is 14.2 Å². The predicted molar refractivity (Wildman–Crippen MR) is 139 cm³/mol. The smallest absolute Gasteiger partial charge is 0.490 e. The summed E-state index contributed by atoms with van der Waals surface area (Å²) < 4.78 is 62.5. The summed E-state index contributed by atoms with van der Waals surface area (Å²) in [6, 6.07) is 12.4. The van der Waals surface area contributed by atoms with E-state index in [2.05, 4.69) is 15.2 Å². The van der Waals surface area contributed by atoms with Crippen LogP contribution in [0.5, 0.6) is 11.5 Å². The number of ether oxygens (including phenoxy) is 3. The molecule has 8 nitrogen and oxygen atoms in total. The van der Waals surface area contributed by atoms with Gasteiger partial charge in [-0.2, -0.15) is 13.2 Å². The first-order chi connectivity index (χ1) is 18.5. The van der Waals surface area contributed by atoms with Gasteiger partial charge in [-0.3, -0.25) is 4.90 Å². The van der Waals surface area contributed by atoms with E-state index in [0.29, 0.717) is 23.2 Å². The molecule has 0 aliphatic carbocycles. The molecule has 0 atom stereocenters. The molecule has 0 spiro atoms. The van der Waals surface area contributed by atoms with Gasteiger partial charge < -0.3 is 24.6 Å². The number of hydrogen-bond donors (Lipinski definition) is 2. The maximum absolute atomic E-state index is 13.8. The van der Waals surface area contributed by atoms with Crippen LogP contribution in [0, 0.1) is 5.82 Å². The molecule has 0 radical (unpaired) electrons. The summed E-state index contributed by atoms with van der Waals surface area (Å²) in [6.45, 7) is 8.93. The van der Waals surface area contributed by atoms with Crippen molar-refractivity contribution in [1.29, 1.82) is 0 Å². The van der Waals surface area contributed by atoms with Gasteiger partial charge in [0.25, 0.3) is 0 Å². The minimum atomic E-state index is -5.08. The van der Waals surface area contributed by atoms with E-state index in [1.807, 2.05) is 43.5 Å². The Bertz CT molecular complexity index is 1200. The number of carboxylic acids is 1. The highest BCUT2D eigenvalue weighted by atomic mass is 32.1. The third-order valence-corrected chi connectivity index (χ3v) is 5.98. The molecule has 3 aromatic rings. The van der Waals surface area contributed by atoms with Crippen LogP contribution in [0.25, 0.3) is 11.3 Å². The zero-order chi connectivity index (χ0) is 28.4. The van der Waals surface area contributed by atoms with E-state index in [4.69, 9.17) is 24.1 Å². The Morgan fingerprint density at radius 1 is 1.18 bits per heavy atom. The van der Waals surface area contributed by atoms with Crippen molar-refractivity contribution in [3.63, 3.8) is 0 Å². The Balaban J connectivity index is 0.000000532. The Labute approximate surface area is 227 Å². The lowest BCUT2D eigenvalue weighted by Crippen LogP contribution is -2.38. The van der Waals surface area contributed by atoms with E-state index in [1.165, 1.54) is 23.5 Å². The highest BCUT2D eigenvalue weighted by molar-refractivity contribution is 7.14. The number of anilines is 2. The van der Waals surface area contributed by atoms with Crippen LogP contribution < -0.4 is 14.8 Å². The van der Waals surface area contributed by atoms with E-state index in [1.54, 1.807) is 6.07 Å². The van der Waals surface area contributed by atoms with Gasteiger partial charge in [-0.1, -0.05) is 0 Å². The molecule has 1 saturated heterocycles. The van der Waals surface area contributed by atoms with Crippen molar-refractivity contribution in [3.8, 4) is 22.8 Å². The number of alkyl halides is 3. The van der Waals surface area contributed by atoms with Gasteiger partial charge >= 0.3 is 12.1 Å². The average Bonchev–Trinajstić information content (AvgIpc) is 3.35. The summed E-state index contributed by atoms with van der Waals surface area (Å²) in [5.41, 5.74) is 2.40. The quantitative estimate of drug-likeness (QED) is 0.310.